The van der Waals surface area contributed by atoms with Crippen molar-refractivity contribution in [2.24, 2.45) is 7.05 Å². The highest BCUT2D eigenvalue weighted by atomic mass is 16.1. The van der Waals surface area contributed by atoms with Gasteiger partial charge in [-0.25, -0.2) is 4.68 Å². The van der Waals surface area contributed by atoms with Gasteiger partial charge in [-0.2, -0.15) is 0 Å². The van der Waals surface area contributed by atoms with Crippen molar-refractivity contribution in [3.8, 4) is 11.4 Å². The van der Waals surface area contributed by atoms with Gasteiger partial charge in [0.15, 0.2) is 5.82 Å². The molecule has 25 heavy (non-hydrogen) atoms. The summed E-state index contributed by atoms with van der Waals surface area (Å²) < 4.78 is 1.60. The number of hydrogen-bond donors (Lipinski definition) is 1. The number of aryl methyl sites for hydroxylation is 4. The van der Waals surface area contributed by atoms with Crippen LogP contribution in [0.15, 0.2) is 42.5 Å². The highest BCUT2D eigenvalue weighted by Gasteiger charge is 2.09. The fourth-order valence-corrected chi connectivity index (χ4v) is 2.81. The lowest BCUT2D eigenvalue weighted by Gasteiger charge is -2.09. The van der Waals surface area contributed by atoms with Gasteiger partial charge in [0.2, 0.25) is 5.91 Å². The quantitative estimate of drug-likeness (QED) is 0.778. The van der Waals surface area contributed by atoms with Crippen LogP contribution in [0.3, 0.4) is 0 Å². The van der Waals surface area contributed by atoms with E-state index in [-0.39, 0.29) is 5.91 Å². The predicted octanol–water partition coefficient (Wildman–Crippen LogP) is 3.07. The molecule has 0 aliphatic heterocycles. The lowest BCUT2D eigenvalue weighted by atomic mass is 10.0. The van der Waals surface area contributed by atoms with E-state index >= 15 is 0 Å². The van der Waals surface area contributed by atoms with Crippen LogP contribution in [0.5, 0.6) is 0 Å². The third kappa shape index (κ3) is 4.09. The maximum Gasteiger partial charge on any atom is 0.224 e. The summed E-state index contributed by atoms with van der Waals surface area (Å²) in [5.41, 5.74) is 5.27. The molecule has 1 aromatic heterocycles. The standard InChI is InChI=1S/C19H21N5O/c1-13-7-8-15(14(2)11-13)9-10-18(25)20-17-6-4-5-16(12-17)19-21-22-23-24(19)3/h4-8,11-12H,9-10H2,1-3H3,(H,20,25). The molecule has 0 aliphatic rings. The Bertz CT molecular complexity index is 900. The van der Waals surface area contributed by atoms with Gasteiger partial charge < -0.3 is 5.32 Å². The number of carbonyl (C=O) groups is 1. The summed E-state index contributed by atoms with van der Waals surface area (Å²) in [4.78, 5) is 12.3. The number of hydrogen-bond acceptors (Lipinski definition) is 4. The maximum atomic E-state index is 12.3. The summed E-state index contributed by atoms with van der Waals surface area (Å²) in [6.45, 7) is 4.15. The Labute approximate surface area is 146 Å². The molecule has 0 fully saturated rings. The Morgan fingerprint density at radius 1 is 1.16 bits per heavy atom. The van der Waals surface area contributed by atoms with Gasteiger partial charge in [0.25, 0.3) is 0 Å². The molecule has 6 nitrogen and oxygen atoms in total. The van der Waals surface area contributed by atoms with Crippen molar-refractivity contribution >= 4 is 11.6 Å². The summed E-state index contributed by atoms with van der Waals surface area (Å²) in [5, 5.41) is 14.4. The second kappa shape index (κ2) is 7.25. The molecular weight excluding hydrogens is 314 g/mol. The molecular formula is C19H21N5O. The minimum atomic E-state index is -0.00628. The zero-order valence-electron chi connectivity index (χ0n) is 14.7. The Kier molecular flexibility index (Phi) is 4.88. The first-order valence-corrected chi connectivity index (χ1v) is 8.22. The molecule has 3 rings (SSSR count). The first kappa shape index (κ1) is 16.8. The Balaban J connectivity index is 1.64. The van der Waals surface area contributed by atoms with E-state index in [1.807, 2.05) is 24.3 Å². The second-order valence-corrected chi connectivity index (χ2v) is 6.19. The lowest BCUT2D eigenvalue weighted by molar-refractivity contribution is -0.116. The van der Waals surface area contributed by atoms with Gasteiger partial charge in [-0.3, -0.25) is 4.79 Å². The molecule has 1 N–H and O–H groups in total. The highest BCUT2D eigenvalue weighted by molar-refractivity contribution is 5.91. The average Bonchev–Trinajstić information content (AvgIpc) is 3.00. The van der Waals surface area contributed by atoms with Gasteiger partial charge in [-0.05, 0) is 54.0 Å². The van der Waals surface area contributed by atoms with Crippen LogP contribution in [-0.4, -0.2) is 26.1 Å². The van der Waals surface area contributed by atoms with E-state index in [1.54, 1.807) is 11.7 Å². The van der Waals surface area contributed by atoms with Gasteiger partial charge >= 0.3 is 0 Å². The van der Waals surface area contributed by atoms with Crippen molar-refractivity contribution in [1.29, 1.82) is 0 Å². The number of nitrogens with zero attached hydrogens (tertiary/aromatic N) is 4. The van der Waals surface area contributed by atoms with Crippen LogP contribution in [0.25, 0.3) is 11.4 Å². The Hall–Kier alpha value is -3.02. The normalized spacial score (nSPS) is 10.7. The fourth-order valence-electron chi connectivity index (χ4n) is 2.81. The van der Waals surface area contributed by atoms with E-state index in [1.165, 1.54) is 16.7 Å². The molecule has 0 bridgehead atoms. The number of nitrogens with one attached hydrogen (secondary N) is 1. The average molecular weight is 335 g/mol. The van der Waals surface area contributed by atoms with Crippen molar-refractivity contribution < 1.29 is 4.79 Å². The molecule has 0 saturated carbocycles. The maximum absolute atomic E-state index is 12.3. The molecule has 0 atom stereocenters. The SMILES string of the molecule is Cc1ccc(CCC(=O)Nc2cccc(-c3nnnn3C)c2)c(C)c1. The number of amides is 1. The third-order valence-corrected chi connectivity index (χ3v) is 4.14. The molecule has 2 aromatic carbocycles. The topological polar surface area (TPSA) is 72.7 Å². The van der Waals surface area contributed by atoms with Gasteiger partial charge in [0, 0.05) is 24.7 Å². The molecule has 1 amide bonds. The summed E-state index contributed by atoms with van der Waals surface area (Å²) in [5.74, 6) is 0.652. The van der Waals surface area contributed by atoms with Crippen LogP contribution < -0.4 is 5.32 Å². The van der Waals surface area contributed by atoms with Gasteiger partial charge in [-0.15, -0.1) is 5.10 Å². The largest absolute Gasteiger partial charge is 0.326 e. The van der Waals surface area contributed by atoms with Crippen molar-refractivity contribution in [2.75, 3.05) is 5.32 Å². The zero-order valence-corrected chi connectivity index (χ0v) is 14.7. The van der Waals surface area contributed by atoms with Crippen molar-refractivity contribution in [3.63, 3.8) is 0 Å². The summed E-state index contributed by atoms with van der Waals surface area (Å²) >= 11 is 0. The molecule has 3 aromatic rings. The minimum Gasteiger partial charge on any atom is -0.326 e. The van der Waals surface area contributed by atoms with E-state index in [0.29, 0.717) is 12.2 Å². The molecule has 0 saturated heterocycles. The van der Waals surface area contributed by atoms with E-state index in [9.17, 15) is 4.79 Å². The number of tetrazole rings is 1. The minimum absolute atomic E-state index is 0.00628. The zero-order chi connectivity index (χ0) is 17.8. The van der Waals surface area contributed by atoms with Crippen LogP contribution >= 0.6 is 0 Å². The first-order valence-electron chi connectivity index (χ1n) is 8.22. The van der Waals surface area contributed by atoms with Crippen molar-refractivity contribution in [3.05, 3.63) is 59.2 Å². The van der Waals surface area contributed by atoms with Crippen LogP contribution in [-0.2, 0) is 18.3 Å². The van der Waals surface area contributed by atoms with Crippen LogP contribution in [0.2, 0.25) is 0 Å². The van der Waals surface area contributed by atoms with E-state index in [0.717, 1.165) is 17.7 Å². The molecule has 0 unspecified atom stereocenters. The molecule has 6 heteroatoms. The lowest BCUT2D eigenvalue weighted by Crippen LogP contribution is -2.12. The second-order valence-electron chi connectivity index (χ2n) is 6.19. The molecule has 0 spiro atoms. The molecule has 0 radical (unpaired) electrons. The third-order valence-electron chi connectivity index (χ3n) is 4.14. The fraction of sp³-hybridized carbons (Fsp3) is 0.263. The Morgan fingerprint density at radius 2 is 2.00 bits per heavy atom. The Morgan fingerprint density at radius 3 is 2.72 bits per heavy atom. The first-order chi connectivity index (χ1) is 12.0. The van der Waals surface area contributed by atoms with Crippen LogP contribution in [0.1, 0.15) is 23.1 Å². The summed E-state index contributed by atoms with van der Waals surface area (Å²) in [6.07, 6.45) is 1.17. The van der Waals surface area contributed by atoms with E-state index in [2.05, 4.69) is 52.9 Å². The molecule has 1 heterocycles. The monoisotopic (exact) mass is 335 g/mol. The summed E-state index contributed by atoms with van der Waals surface area (Å²) in [6, 6.07) is 13.9. The van der Waals surface area contributed by atoms with Gasteiger partial charge in [0.1, 0.15) is 0 Å². The summed E-state index contributed by atoms with van der Waals surface area (Å²) in [7, 11) is 1.78. The van der Waals surface area contributed by atoms with Gasteiger partial charge in [0.05, 0.1) is 0 Å². The molecule has 0 aliphatic carbocycles. The number of benzene rings is 2. The number of carbonyl (C=O) groups excluding carboxylic acids is 1. The van der Waals surface area contributed by atoms with Gasteiger partial charge in [-0.1, -0.05) is 35.9 Å². The van der Waals surface area contributed by atoms with Crippen LogP contribution in [0, 0.1) is 13.8 Å². The smallest absolute Gasteiger partial charge is 0.224 e. The highest BCUT2D eigenvalue weighted by Crippen LogP contribution is 2.20. The van der Waals surface area contributed by atoms with Crippen LogP contribution in [0.4, 0.5) is 5.69 Å². The van der Waals surface area contributed by atoms with E-state index < -0.39 is 0 Å². The number of aromatic nitrogens is 4. The number of anilines is 1. The predicted molar refractivity (Wildman–Crippen MR) is 97.1 cm³/mol. The van der Waals surface area contributed by atoms with Crippen molar-refractivity contribution in [2.45, 2.75) is 26.7 Å². The van der Waals surface area contributed by atoms with Crippen molar-refractivity contribution in [1.82, 2.24) is 20.2 Å². The number of rotatable bonds is 5. The van der Waals surface area contributed by atoms with E-state index in [4.69, 9.17) is 0 Å². The molecule has 128 valence electrons.